The van der Waals surface area contributed by atoms with Crippen molar-refractivity contribution in [2.45, 2.75) is 40.0 Å². The Morgan fingerprint density at radius 1 is 0.733 bits per heavy atom. The smallest absolute Gasteiger partial charge is 0.194 e. The summed E-state index contributed by atoms with van der Waals surface area (Å²) >= 11 is 0. The van der Waals surface area contributed by atoms with Crippen molar-refractivity contribution >= 4 is 0 Å². The van der Waals surface area contributed by atoms with Crippen LogP contribution in [0, 0.1) is 31.3 Å². The Hall–Kier alpha value is -0.990. The molecule has 0 atom stereocenters. The average molecular weight is 216 g/mol. The molecule has 0 saturated heterocycles. The van der Waals surface area contributed by atoms with Crippen LogP contribution in [0.3, 0.4) is 0 Å². The lowest BCUT2D eigenvalue weighted by Gasteiger charge is -2.24. The molecular formula is C12H15F3. The molecule has 0 unspecified atom stereocenters. The monoisotopic (exact) mass is 216 g/mol. The van der Waals surface area contributed by atoms with E-state index in [9.17, 15) is 13.2 Å². The second-order valence-electron chi connectivity index (χ2n) is 4.82. The van der Waals surface area contributed by atoms with Crippen molar-refractivity contribution in [2.75, 3.05) is 0 Å². The molecule has 0 bridgehead atoms. The van der Waals surface area contributed by atoms with Gasteiger partial charge >= 0.3 is 0 Å². The first-order valence-electron chi connectivity index (χ1n) is 4.82. The Bertz CT molecular complexity index is 371. The van der Waals surface area contributed by atoms with E-state index in [1.54, 1.807) is 27.7 Å². The zero-order valence-corrected chi connectivity index (χ0v) is 9.63. The summed E-state index contributed by atoms with van der Waals surface area (Å²) in [4.78, 5) is 0. The van der Waals surface area contributed by atoms with E-state index in [1.165, 1.54) is 6.92 Å². The van der Waals surface area contributed by atoms with Gasteiger partial charge in [0.25, 0.3) is 0 Å². The van der Waals surface area contributed by atoms with Crippen molar-refractivity contribution in [2.24, 2.45) is 0 Å². The lowest BCUT2D eigenvalue weighted by atomic mass is 9.82. The maximum Gasteiger partial charge on any atom is 0.194 e. The van der Waals surface area contributed by atoms with E-state index in [1.807, 2.05) is 0 Å². The van der Waals surface area contributed by atoms with Crippen molar-refractivity contribution in [3.63, 3.8) is 0 Å². The van der Waals surface area contributed by atoms with Gasteiger partial charge in [0.2, 0.25) is 0 Å². The molecule has 0 nitrogen and oxygen atoms in total. The van der Waals surface area contributed by atoms with Gasteiger partial charge in [-0.3, -0.25) is 0 Å². The minimum atomic E-state index is -1.37. The minimum Gasteiger partial charge on any atom is -0.203 e. The molecule has 0 spiro atoms. The molecule has 0 aliphatic carbocycles. The topological polar surface area (TPSA) is 0 Å². The van der Waals surface area contributed by atoms with Crippen molar-refractivity contribution in [3.05, 3.63) is 34.1 Å². The molecule has 15 heavy (non-hydrogen) atoms. The second-order valence-corrected chi connectivity index (χ2v) is 4.82. The summed E-state index contributed by atoms with van der Waals surface area (Å²) in [5.74, 6) is -3.52. The Balaban J connectivity index is 3.68. The largest absolute Gasteiger partial charge is 0.203 e. The van der Waals surface area contributed by atoms with E-state index < -0.39 is 22.9 Å². The van der Waals surface area contributed by atoms with Gasteiger partial charge in [-0.2, -0.15) is 0 Å². The summed E-state index contributed by atoms with van der Waals surface area (Å²) in [6.45, 7) is 8.39. The Morgan fingerprint density at radius 2 is 1.20 bits per heavy atom. The summed E-state index contributed by atoms with van der Waals surface area (Å²) < 4.78 is 40.0. The van der Waals surface area contributed by atoms with Crippen molar-refractivity contribution in [1.29, 1.82) is 0 Å². The summed E-state index contributed by atoms with van der Waals surface area (Å²) in [5, 5.41) is 0. The zero-order chi connectivity index (χ0) is 12.0. The molecule has 0 fully saturated rings. The van der Waals surface area contributed by atoms with E-state index in [-0.39, 0.29) is 11.1 Å². The molecule has 0 aromatic heterocycles. The highest BCUT2D eigenvalue weighted by molar-refractivity contribution is 5.40. The maximum absolute atomic E-state index is 13.6. The molecule has 0 aliphatic rings. The fraction of sp³-hybridized carbons (Fsp3) is 0.500. The summed E-state index contributed by atoms with van der Waals surface area (Å²) in [6, 6.07) is 0. The van der Waals surface area contributed by atoms with Crippen LogP contribution in [0.15, 0.2) is 0 Å². The van der Waals surface area contributed by atoms with Crippen LogP contribution >= 0.6 is 0 Å². The first kappa shape index (κ1) is 12.1. The van der Waals surface area contributed by atoms with Gasteiger partial charge in [0.15, 0.2) is 17.5 Å². The molecule has 1 aromatic rings. The maximum atomic E-state index is 13.6. The quantitative estimate of drug-likeness (QED) is 0.574. The van der Waals surface area contributed by atoms with Crippen LogP contribution in [0.2, 0.25) is 0 Å². The van der Waals surface area contributed by atoms with Gasteiger partial charge in [0.05, 0.1) is 0 Å². The normalized spacial score (nSPS) is 12.0. The molecule has 0 amide bonds. The number of rotatable bonds is 0. The Kier molecular flexibility index (Phi) is 2.85. The highest BCUT2D eigenvalue weighted by atomic mass is 19.2. The van der Waals surface area contributed by atoms with E-state index in [4.69, 9.17) is 0 Å². The van der Waals surface area contributed by atoms with Gasteiger partial charge in [-0.25, -0.2) is 13.2 Å². The molecule has 0 N–H and O–H groups in total. The highest BCUT2D eigenvalue weighted by Gasteiger charge is 2.27. The summed E-state index contributed by atoms with van der Waals surface area (Å²) in [6.07, 6.45) is 0. The number of hydrogen-bond donors (Lipinski definition) is 0. The predicted octanol–water partition coefficient (Wildman–Crippen LogP) is 4.02. The number of halogens is 3. The lowest BCUT2D eigenvalue weighted by molar-refractivity contribution is 0.417. The van der Waals surface area contributed by atoms with Gasteiger partial charge in [0.1, 0.15) is 0 Å². The van der Waals surface area contributed by atoms with Crippen LogP contribution < -0.4 is 0 Å². The molecule has 0 radical (unpaired) electrons. The van der Waals surface area contributed by atoms with Gasteiger partial charge in [-0.15, -0.1) is 0 Å². The lowest BCUT2D eigenvalue weighted by Crippen LogP contribution is -2.19. The summed E-state index contributed by atoms with van der Waals surface area (Å²) in [7, 11) is 0. The highest BCUT2D eigenvalue weighted by Crippen LogP contribution is 2.33. The second kappa shape index (κ2) is 3.54. The number of hydrogen-bond acceptors (Lipinski definition) is 0. The zero-order valence-electron chi connectivity index (χ0n) is 9.63. The third-order valence-corrected chi connectivity index (χ3v) is 2.62. The van der Waals surface area contributed by atoms with Gasteiger partial charge in [-0.05, 0) is 36.0 Å². The van der Waals surface area contributed by atoms with Crippen LogP contribution in [0.1, 0.15) is 37.5 Å². The van der Waals surface area contributed by atoms with Crippen LogP contribution in [0.25, 0.3) is 0 Å². The molecule has 1 rings (SSSR count). The molecule has 3 heteroatoms. The SMILES string of the molecule is Cc1c(C)c(C(C)(C)C)c(F)c(F)c1F. The van der Waals surface area contributed by atoms with Crippen LogP contribution in [-0.4, -0.2) is 0 Å². The van der Waals surface area contributed by atoms with Crippen LogP contribution in [0.5, 0.6) is 0 Å². The van der Waals surface area contributed by atoms with Crippen molar-refractivity contribution in [3.8, 4) is 0 Å². The molecule has 0 aliphatic heterocycles. The minimum absolute atomic E-state index is 0.179. The van der Waals surface area contributed by atoms with Crippen LogP contribution in [-0.2, 0) is 5.41 Å². The van der Waals surface area contributed by atoms with E-state index >= 15 is 0 Å². The third kappa shape index (κ3) is 1.87. The van der Waals surface area contributed by atoms with Crippen molar-refractivity contribution in [1.82, 2.24) is 0 Å². The van der Waals surface area contributed by atoms with Gasteiger partial charge < -0.3 is 0 Å². The fourth-order valence-electron chi connectivity index (χ4n) is 1.78. The van der Waals surface area contributed by atoms with Gasteiger partial charge in [0, 0.05) is 0 Å². The van der Waals surface area contributed by atoms with Crippen molar-refractivity contribution < 1.29 is 13.2 Å². The molecular weight excluding hydrogens is 201 g/mol. The number of benzene rings is 1. The van der Waals surface area contributed by atoms with E-state index in [2.05, 4.69) is 0 Å². The fourth-order valence-corrected chi connectivity index (χ4v) is 1.78. The predicted molar refractivity (Wildman–Crippen MR) is 54.5 cm³/mol. The molecule has 0 heterocycles. The standard InChI is InChI=1S/C12H15F3/c1-6-7(2)9(13)11(15)10(14)8(6)12(3,4)5/h1-5H3. The Labute approximate surface area is 88.1 Å². The first-order chi connectivity index (χ1) is 6.68. The first-order valence-corrected chi connectivity index (χ1v) is 4.82. The van der Waals surface area contributed by atoms with Gasteiger partial charge in [-0.1, -0.05) is 20.8 Å². The molecule has 0 saturated carbocycles. The molecule has 84 valence electrons. The average Bonchev–Trinajstić information content (AvgIpc) is 2.09. The van der Waals surface area contributed by atoms with E-state index in [0.29, 0.717) is 5.56 Å². The van der Waals surface area contributed by atoms with Crippen LogP contribution in [0.4, 0.5) is 13.2 Å². The third-order valence-electron chi connectivity index (χ3n) is 2.62. The molecule has 1 aromatic carbocycles. The Morgan fingerprint density at radius 3 is 1.60 bits per heavy atom. The van der Waals surface area contributed by atoms with E-state index in [0.717, 1.165) is 0 Å². The summed E-state index contributed by atoms with van der Waals surface area (Å²) in [5.41, 5.74) is 0.379.